The van der Waals surface area contributed by atoms with E-state index in [1.54, 1.807) is 0 Å². The number of hydrogen-bond donors (Lipinski definition) is 1. The molecule has 0 aromatic rings. The molecule has 4 saturated carbocycles. The summed E-state index contributed by atoms with van der Waals surface area (Å²) in [6, 6.07) is 0. The maximum Gasteiger partial charge on any atom is 0.221 e. The van der Waals surface area contributed by atoms with Gasteiger partial charge in [-0.25, -0.2) is 0 Å². The molecule has 0 aliphatic heterocycles. The molecule has 4 rings (SSSR count). The molecule has 4 fully saturated rings. The van der Waals surface area contributed by atoms with Gasteiger partial charge in [0, 0.05) is 23.7 Å². The lowest BCUT2D eigenvalue weighted by Gasteiger charge is -2.50. The Hall–Kier alpha value is -1.19. The second-order valence-corrected chi connectivity index (χ2v) is 5.05. The van der Waals surface area contributed by atoms with Crippen LogP contribution < -0.4 is 5.73 Å². The first-order chi connectivity index (χ1) is 7.09. The smallest absolute Gasteiger partial charge is 0.221 e. The monoisotopic (exact) mass is 207 g/mol. The average molecular weight is 207 g/mol. The quantitative estimate of drug-likeness (QED) is 0.652. The van der Waals surface area contributed by atoms with Crippen molar-refractivity contribution in [3.8, 4) is 0 Å². The molecule has 4 heteroatoms. The third kappa shape index (κ3) is 0.994. The Morgan fingerprint density at radius 2 is 1.47 bits per heavy atom. The lowest BCUT2D eigenvalue weighted by molar-refractivity contribution is -0.162. The number of Topliss-reactive ketones (excluding diaryl/α,β-unsaturated/α-hetero) is 2. The topological polar surface area (TPSA) is 77.2 Å². The van der Waals surface area contributed by atoms with E-state index in [1.165, 1.54) is 0 Å². The molecular weight excluding hydrogens is 194 g/mol. The van der Waals surface area contributed by atoms with E-state index in [-0.39, 0.29) is 35.2 Å². The van der Waals surface area contributed by atoms with Crippen LogP contribution in [0.1, 0.15) is 19.3 Å². The van der Waals surface area contributed by atoms with E-state index in [2.05, 4.69) is 0 Å². The van der Waals surface area contributed by atoms with Gasteiger partial charge >= 0.3 is 0 Å². The average Bonchev–Trinajstić information content (AvgIpc) is 2.15. The van der Waals surface area contributed by atoms with Gasteiger partial charge in [-0.1, -0.05) is 0 Å². The highest BCUT2D eigenvalue weighted by atomic mass is 16.2. The van der Waals surface area contributed by atoms with E-state index in [0.717, 1.165) is 6.42 Å². The lowest BCUT2D eigenvalue weighted by Crippen LogP contribution is -2.59. The Balaban J connectivity index is 2.03. The first-order valence-electron chi connectivity index (χ1n) is 5.46. The molecule has 2 N–H and O–H groups in total. The zero-order valence-electron chi connectivity index (χ0n) is 8.31. The van der Waals surface area contributed by atoms with Crippen molar-refractivity contribution in [3.05, 3.63) is 0 Å². The minimum Gasteiger partial charge on any atom is -0.369 e. The second kappa shape index (κ2) is 2.68. The Kier molecular flexibility index (Phi) is 1.62. The van der Waals surface area contributed by atoms with Gasteiger partial charge in [-0.15, -0.1) is 0 Å². The van der Waals surface area contributed by atoms with E-state index >= 15 is 0 Å². The van der Waals surface area contributed by atoms with Crippen molar-refractivity contribution in [3.63, 3.8) is 0 Å². The predicted molar refractivity (Wildman–Crippen MR) is 50.5 cm³/mol. The molecule has 80 valence electrons. The number of carbonyl (C=O) groups is 3. The van der Waals surface area contributed by atoms with Crippen molar-refractivity contribution < 1.29 is 14.4 Å². The van der Waals surface area contributed by atoms with Gasteiger partial charge < -0.3 is 5.73 Å². The number of amides is 1. The largest absolute Gasteiger partial charge is 0.369 e. The van der Waals surface area contributed by atoms with Crippen molar-refractivity contribution in [2.75, 3.05) is 0 Å². The molecule has 4 atom stereocenters. The number of ketones is 2. The number of nitrogens with two attached hydrogens (primary N) is 1. The summed E-state index contributed by atoms with van der Waals surface area (Å²) < 4.78 is 0. The molecule has 0 spiro atoms. The van der Waals surface area contributed by atoms with E-state index < -0.39 is 11.8 Å². The highest BCUT2D eigenvalue weighted by molar-refractivity contribution is 6.01. The minimum atomic E-state index is -0.502. The standard InChI is InChI=1S/C11H13NO3/c12-11(15)8-6-2-4-1-5(10(6)14)3-7(8)9(4)13/h4-8H,1-3H2,(H2,12,15)/t4-,5-,6+,7+/m1/s1. The third-order valence-corrected chi connectivity index (χ3v) is 4.38. The Morgan fingerprint density at radius 1 is 1.00 bits per heavy atom. The zero-order chi connectivity index (χ0) is 10.7. The lowest BCUT2D eigenvalue weighted by atomic mass is 9.50. The molecule has 1 amide bonds. The van der Waals surface area contributed by atoms with Crippen molar-refractivity contribution in [2.45, 2.75) is 19.3 Å². The molecule has 15 heavy (non-hydrogen) atoms. The fourth-order valence-corrected chi connectivity index (χ4v) is 3.78. The Labute approximate surface area is 87.2 Å². The van der Waals surface area contributed by atoms with Crippen LogP contribution in [0.4, 0.5) is 0 Å². The number of rotatable bonds is 1. The van der Waals surface area contributed by atoms with Crippen molar-refractivity contribution in [1.29, 1.82) is 0 Å². The van der Waals surface area contributed by atoms with Crippen LogP contribution in [0.3, 0.4) is 0 Å². The number of primary amides is 1. The summed E-state index contributed by atoms with van der Waals surface area (Å²) in [5, 5.41) is 0. The van der Waals surface area contributed by atoms with Gasteiger partial charge in [-0.2, -0.15) is 0 Å². The summed E-state index contributed by atoms with van der Waals surface area (Å²) in [6.07, 6.45) is 1.85. The van der Waals surface area contributed by atoms with Gasteiger partial charge in [-0.05, 0) is 19.3 Å². The van der Waals surface area contributed by atoms with Crippen LogP contribution in [-0.4, -0.2) is 17.5 Å². The summed E-state index contributed by atoms with van der Waals surface area (Å²) in [7, 11) is 0. The molecule has 4 aliphatic rings. The normalized spacial score (nSPS) is 47.3. The van der Waals surface area contributed by atoms with Gasteiger partial charge in [0.2, 0.25) is 5.91 Å². The van der Waals surface area contributed by atoms with Gasteiger partial charge in [0.15, 0.2) is 0 Å². The SMILES string of the molecule is NC(=O)C1[C@@H]2C[C@H]3C[C@H](C[C@@H]1C3=O)C2=O. The molecule has 4 nitrogen and oxygen atoms in total. The summed E-state index contributed by atoms with van der Waals surface area (Å²) in [6.45, 7) is 0. The van der Waals surface area contributed by atoms with Gasteiger partial charge in [-0.3, -0.25) is 14.4 Å². The summed E-state index contributed by atoms with van der Waals surface area (Å²) in [5.41, 5.74) is 5.30. The molecule has 0 aromatic heterocycles. The molecule has 0 unspecified atom stereocenters. The van der Waals surface area contributed by atoms with E-state index in [4.69, 9.17) is 5.73 Å². The Morgan fingerprint density at radius 3 is 1.87 bits per heavy atom. The fourth-order valence-electron chi connectivity index (χ4n) is 3.78. The molecule has 4 aliphatic carbocycles. The second-order valence-electron chi connectivity index (χ2n) is 5.05. The fraction of sp³-hybridized carbons (Fsp3) is 0.727. The van der Waals surface area contributed by atoms with E-state index in [9.17, 15) is 14.4 Å². The highest BCUT2D eigenvalue weighted by Crippen LogP contribution is 2.52. The summed E-state index contributed by atoms with van der Waals surface area (Å²) in [5.74, 6) is -1.04. The molecule has 0 radical (unpaired) electrons. The van der Waals surface area contributed by atoms with Crippen molar-refractivity contribution in [1.82, 2.24) is 0 Å². The summed E-state index contributed by atoms with van der Waals surface area (Å²) in [4.78, 5) is 35.1. The van der Waals surface area contributed by atoms with Crippen LogP contribution in [0.2, 0.25) is 0 Å². The minimum absolute atomic E-state index is 0.0343. The van der Waals surface area contributed by atoms with Crippen LogP contribution >= 0.6 is 0 Å². The maximum atomic E-state index is 11.9. The van der Waals surface area contributed by atoms with Gasteiger partial charge in [0.25, 0.3) is 0 Å². The van der Waals surface area contributed by atoms with Crippen LogP contribution in [0.15, 0.2) is 0 Å². The van der Waals surface area contributed by atoms with E-state index in [0.29, 0.717) is 12.8 Å². The van der Waals surface area contributed by atoms with Gasteiger partial charge in [0.05, 0.1) is 5.92 Å². The molecule has 0 saturated heterocycles. The number of carbonyl (C=O) groups excluding carboxylic acids is 3. The molecule has 4 bridgehead atoms. The maximum absolute atomic E-state index is 11.9. The van der Waals surface area contributed by atoms with Crippen LogP contribution in [-0.2, 0) is 14.4 Å². The zero-order valence-corrected chi connectivity index (χ0v) is 8.31. The van der Waals surface area contributed by atoms with Crippen molar-refractivity contribution in [2.24, 2.45) is 35.3 Å². The van der Waals surface area contributed by atoms with Gasteiger partial charge in [0.1, 0.15) is 11.6 Å². The number of hydrogen-bond acceptors (Lipinski definition) is 3. The third-order valence-electron chi connectivity index (χ3n) is 4.38. The molecule has 0 aromatic carbocycles. The van der Waals surface area contributed by atoms with E-state index in [1.807, 2.05) is 0 Å². The van der Waals surface area contributed by atoms with Crippen LogP contribution in [0.25, 0.3) is 0 Å². The van der Waals surface area contributed by atoms with Crippen LogP contribution in [0, 0.1) is 29.6 Å². The van der Waals surface area contributed by atoms with Crippen LogP contribution in [0.5, 0.6) is 0 Å². The Bertz CT molecular complexity index is 348. The first kappa shape index (κ1) is 9.07. The predicted octanol–water partition coefficient (Wildman–Crippen LogP) is -0.0980. The molecular formula is C11H13NO3. The highest BCUT2D eigenvalue weighted by Gasteiger charge is 2.58. The molecule has 0 heterocycles. The first-order valence-corrected chi connectivity index (χ1v) is 5.46. The van der Waals surface area contributed by atoms with Crippen molar-refractivity contribution >= 4 is 17.5 Å². The summed E-state index contributed by atoms with van der Waals surface area (Å²) >= 11 is 0.